The molecule has 0 aliphatic carbocycles. The highest BCUT2D eigenvalue weighted by atomic mass is 16.5. The fraction of sp³-hybridized carbons (Fsp3) is 0.444. The number of carbonyl (C=O) groups is 1. The van der Waals surface area contributed by atoms with Crippen molar-refractivity contribution in [3.05, 3.63) is 24.8 Å². The number of allylic oxidation sites excluding steroid dienone is 1. The van der Waals surface area contributed by atoms with Crippen molar-refractivity contribution in [2.75, 3.05) is 6.61 Å². The molecule has 11 heavy (non-hydrogen) atoms. The number of hydrogen-bond acceptors (Lipinski definition) is 2. The fourth-order valence-electron chi connectivity index (χ4n) is 0.485. The summed E-state index contributed by atoms with van der Waals surface area (Å²) in [4.78, 5) is 10.7. The van der Waals surface area contributed by atoms with Gasteiger partial charge in [0.05, 0.1) is 6.61 Å². The van der Waals surface area contributed by atoms with Crippen molar-refractivity contribution in [2.24, 2.45) is 0 Å². The second-order valence-corrected chi connectivity index (χ2v) is 2.27. The molecule has 0 aromatic rings. The molecule has 1 radical (unpaired) electrons. The van der Waals surface area contributed by atoms with E-state index < -0.39 is 0 Å². The first-order chi connectivity index (χ1) is 5.18. The maximum Gasteiger partial charge on any atom is 0.333 e. The minimum absolute atomic E-state index is 0.325. The van der Waals surface area contributed by atoms with E-state index in [0.29, 0.717) is 12.2 Å². The van der Waals surface area contributed by atoms with Crippen LogP contribution in [0.25, 0.3) is 0 Å². The third-order valence-electron chi connectivity index (χ3n) is 1.08. The Bertz CT molecular complexity index is 159. The van der Waals surface area contributed by atoms with Crippen LogP contribution >= 0.6 is 0 Å². The highest BCUT2D eigenvalue weighted by Gasteiger charge is 2.00. The molecule has 0 aliphatic heterocycles. The molecule has 0 bridgehead atoms. The average Bonchev–Trinajstić information content (AvgIpc) is 1.97. The predicted octanol–water partition coefficient (Wildman–Crippen LogP) is 1.88. The fourth-order valence-corrected chi connectivity index (χ4v) is 0.485. The number of unbranched alkanes of at least 4 members (excludes halogenated alkanes) is 1. The van der Waals surface area contributed by atoms with E-state index in [-0.39, 0.29) is 5.97 Å². The number of ether oxygens (including phenoxy) is 1. The summed E-state index contributed by atoms with van der Waals surface area (Å²) in [5.74, 6) is -0.325. The first-order valence-corrected chi connectivity index (χ1v) is 3.51. The quantitative estimate of drug-likeness (QED) is 0.342. The zero-order chi connectivity index (χ0) is 8.69. The van der Waals surface area contributed by atoms with Crippen LogP contribution in [0.4, 0.5) is 0 Å². The first-order valence-electron chi connectivity index (χ1n) is 3.51. The van der Waals surface area contributed by atoms with Crippen LogP contribution < -0.4 is 0 Å². The third-order valence-corrected chi connectivity index (χ3v) is 1.08. The zero-order valence-corrected chi connectivity index (χ0v) is 6.85. The highest BCUT2D eigenvalue weighted by molar-refractivity contribution is 5.86. The molecule has 0 fully saturated rings. The van der Waals surface area contributed by atoms with E-state index in [1.807, 2.05) is 0 Å². The summed E-state index contributed by atoms with van der Waals surface area (Å²) in [6.07, 6.45) is 4.24. The Kier molecular flexibility index (Phi) is 5.17. The molecule has 2 heteroatoms. The summed E-state index contributed by atoms with van der Waals surface area (Å²) in [5, 5.41) is 0. The minimum atomic E-state index is -0.325. The number of carbonyl (C=O) groups excluding carboxylic acids is 1. The summed E-state index contributed by atoms with van der Waals surface area (Å²) in [6, 6.07) is 0. The lowest BCUT2D eigenvalue weighted by Crippen LogP contribution is -2.05. The summed E-state index contributed by atoms with van der Waals surface area (Å²) >= 11 is 0. The second kappa shape index (κ2) is 5.71. The third kappa shape index (κ3) is 5.40. The molecule has 0 saturated carbocycles. The van der Waals surface area contributed by atoms with Gasteiger partial charge in [0.15, 0.2) is 0 Å². The Morgan fingerprint density at radius 2 is 2.27 bits per heavy atom. The van der Waals surface area contributed by atoms with Gasteiger partial charge in [-0.15, -0.1) is 0 Å². The molecule has 61 valence electrons. The molecule has 0 saturated heterocycles. The van der Waals surface area contributed by atoms with Crippen molar-refractivity contribution < 1.29 is 9.53 Å². The van der Waals surface area contributed by atoms with Gasteiger partial charge in [0.25, 0.3) is 0 Å². The van der Waals surface area contributed by atoms with Gasteiger partial charge in [-0.2, -0.15) is 0 Å². The van der Waals surface area contributed by atoms with E-state index in [2.05, 4.69) is 19.2 Å². The Morgan fingerprint density at radius 3 is 2.73 bits per heavy atom. The zero-order valence-electron chi connectivity index (χ0n) is 6.85. The maximum absolute atomic E-state index is 10.7. The molecular formula is C9H13O2. The molecule has 0 aromatic heterocycles. The Labute approximate surface area is 67.6 Å². The number of esters is 1. The monoisotopic (exact) mass is 153 g/mol. The predicted molar refractivity (Wildman–Crippen MR) is 43.9 cm³/mol. The number of rotatable bonds is 5. The molecule has 2 nitrogen and oxygen atoms in total. The lowest BCUT2D eigenvalue weighted by molar-refractivity contribution is -0.139. The Hall–Kier alpha value is -1.05. The molecule has 0 aromatic carbocycles. The summed E-state index contributed by atoms with van der Waals surface area (Å²) in [5.41, 5.74) is 0.438. The lowest BCUT2D eigenvalue weighted by atomic mass is 10.3. The number of hydrogen-bond donors (Lipinski definition) is 0. The van der Waals surface area contributed by atoms with Crippen LogP contribution in [0.2, 0.25) is 0 Å². The largest absolute Gasteiger partial charge is 0.462 e. The molecule has 0 N–H and O–H groups in total. The maximum atomic E-state index is 10.7. The molecular weight excluding hydrogens is 140 g/mol. The van der Waals surface area contributed by atoms with E-state index in [0.717, 1.165) is 12.8 Å². The van der Waals surface area contributed by atoms with Gasteiger partial charge in [-0.3, -0.25) is 0 Å². The Morgan fingerprint density at radius 1 is 1.64 bits per heavy atom. The average molecular weight is 153 g/mol. The molecule has 0 aliphatic rings. The lowest BCUT2D eigenvalue weighted by Gasteiger charge is -2.01. The van der Waals surface area contributed by atoms with Crippen LogP contribution in [-0.4, -0.2) is 12.6 Å². The van der Waals surface area contributed by atoms with Crippen molar-refractivity contribution in [3.8, 4) is 0 Å². The Balaban J connectivity index is 3.31. The highest BCUT2D eigenvalue weighted by Crippen LogP contribution is 1.95. The topological polar surface area (TPSA) is 26.3 Å². The summed E-state index contributed by atoms with van der Waals surface area (Å²) in [7, 11) is 0. The second-order valence-electron chi connectivity index (χ2n) is 2.27. The SMILES string of the molecule is C=[C]CCCOC(=O)C(=C)C. The molecule has 0 heterocycles. The van der Waals surface area contributed by atoms with Gasteiger partial charge >= 0.3 is 5.97 Å². The van der Waals surface area contributed by atoms with Crippen molar-refractivity contribution in [3.63, 3.8) is 0 Å². The van der Waals surface area contributed by atoms with E-state index in [1.165, 1.54) is 0 Å². The van der Waals surface area contributed by atoms with E-state index >= 15 is 0 Å². The smallest absolute Gasteiger partial charge is 0.333 e. The van der Waals surface area contributed by atoms with E-state index in [1.54, 1.807) is 6.92 Å². The van der Waals surface area contributed by atoms with E-state index in [9.17, 15) is 4.79 Å². The van der Waals surface area contributed by atoms with Crippen LogP contribution in [0, 0.1) is 6.08 Å². The van der Waals surface area contributed by atoms with Crippen LogP contribution in [0.3, 0.4) is 0 Å². The molecule has 0 spiro atoms. The van der Waals surface area contributed by atoms with Gasteiger partial charge in [-0.25, -0.2) is 4.79 Å². The van der Waals surface area contributed by atoms with Gasteiger partial charge in [-0.1, -0.05) is 19.2 Å². The summed E-state index contributed by atoms with van der Waals surface area (Å²) < 4.78 is 4.80. The van der Waals surface area contributed by atoms with Crippen LogP contribution in [0.5, 0.6) is 0 Å². The van der Waals surface area contributed by atoms with Crippen LogP contribution in [0.15, 0.2) is 18.7 Å². The van der Waals surface area contributed by atoms with Gasteiger partial charge in [0, 0.05) is 5.57 Å². The van der Waals surface area contributed by atoms with Gasteiger partial charge < -0.3 is 4.74 Å². The first kappa shape index (κ1) is 9.95. The van der Waals surface area contributed by atoms with Crippen molar-refractivity contribution in [1.29, 1.82) is 0 Å². The van der Waals surface area contributed by atoms with Crippen molar-refractivity contribution >= 4 is 5.97 Å². The van der Waals surface area contributed by atoms with E-state index in [4.69, 9.17) is 4.74 Å². The van der Waals surface area contributed by atoms with Gasteiger partial charge in [-0.05, 0) is 19.8 Å². The normalized spacial score (nSPS) is 8.82. The molecule has 0 atom stereocenters. The summed E-state index contributed by atoms with van der Waals surface area (Å²) in [6.45, 7) is 8.93. The molecule has 0 amide bonds. The van der Waals surface area contributed by atoms with Gasteiger partial charge in [0.2, 0.25) is 0 Å². The molecule has 0 unspecified atom stereocenters. The van der Waals surface area contributed by atoms with Crippen LogP contribution in [0.1, 0.15) is 19.8 Å². The van der Waals surface area contributed by atoms with Crippen LogP contribution in [-0.2, 0) is 9.53 Å². The standard InChI is InChI=1S/C9H13O2/c1-4-5-6-7-11-9(10)8(2)3/h1-2,5-7H2,3H3. The minimum Gasteiger partial charge on any atom is -0.462 e. The van der Waals surface area contributed by atoms with Crippen molar-refractivity contribution in [1.82, 2.24) is 0 Å². The van der Waals surface area contributed by atoms with Crippen molar-refractivity contribution in [2.45, 2.75) is 19.8 Å². The molecule has 0 rings (SSSR count). The van der Waals surface area contributed by atoms with Gasteiger partial charge in [0.1, 0.15) is 0 Å².